The topological polar surface area (TPSA) is 91.4 Å². The van der Waals surface area contributed by atoms with Crippen LogP contribution in [0.1, 0.15) is 5.56 Å². The summed E-state index contributed by atoms with van der Waals surface area (Å²) in [5, 5.41) is -0.0875. The van der Waals surface area contributed by atoms with E-state index in [9.17, 15) is 18.8 Å². The lowest BCUT2D eigenvalue weighted by Crippen LogP contribution is -2.38. The number of aryl methyl sites for hydroxylation is 1. The van der Waals surface area contributed by atoms with Crippen LogP contribution in [0.15, 0.2) is 27.8 Å². The first-order valence-corrected chi connectivity index (χ1v) is 8.91. The molecule has 29 heavy (non-hydrogen) atoms. The van der Waals surface area contributed by atoms with Gasteiger partial charge in [0.1, 0.15) is 6.54 Å². The zero-order valence-corrected chi connectivity index (χ0v) is 17.0. The maximum Gasteiger partial charge on any atom is 0.332 e. The number of rotatable bonds is 5. The molecular weight excluding hydrogens is 405 g/mol. The second-order valence-corrected chi connectivity index (χ2v) is 6.90. The molecule has 0 atom stereocenters. The number of fused-ring (bicyclic) bond motifs is 1. The van der Waals surface area contributed by atoms with Crippen LogP contribution in [-0.4, -0.2) is 43.6 Å². The summed E-state index contributed by atoms with van der Waals surface area (Å²) in [7, 11) is 5.71. The predicted molar refractivity (Wildman–Crippen MR) is 105 cm³/mol. The number of aromatic nitrogens is 4. The molecular formula is C18H19ClFN5O4. The lowest BCUT2D eigenvalue weighted by atomic mass is 10.2. The third kappa shape index (κ3) is 3.63. The molecule has 9 nitrogen and oxygen atoms in total. The molecule has 1 aromatic carbocycles. The molecule has 0 fully saturated rings. The molecule has 0 N–H and O–H groups in total. The van der Waals surface area contributed by atoms with Crippen LogP contribution in [0.4, 0.5) is 4.39 Å². The van der Waals surface area contributed by atoms with E-state index in [1.807, 2.05) is 0 Å². The van der Waals surface area contributed by atoms with E-state index < -0.39 is 17.1 Å². The van der Waals surface area contributed by atoms with Gasteiger partial charge in [-0.05, 0) is 29.3 Å². The van der Waals surface area contributed by atoms with Crippen molar-refractivity contribution in [2.75, 3.05) is 14.2 Å². The van der Waals surface area contributed by atoms with Gasteiger partial charge in [-0.25, -0.2) is 9.18 Å². The van der Waals surface area contributed by atoms with Gasteiger partial charge in [-0.1, -0.05) is 6.07 Å². The Morgan fingerprint density at radius 1 is 1.28 bits per heavy atom. The largest absolute Gasteiger partial charge is 0.494 e. The molecule has 0 spiro atoms. The third-order valence-corrected chi connectivity index (χ3v) is 4.95. The molecule has 0 bridgehead atoms. The van der Waals surface area contributed by atoms with E-state index in [-0.39, 0.29) is 41.2 Å². The Morgan fingerprint density at radius 3 is 2.59 bits per heavy atom. The molecule has 0 aliphatic heterocycles. The lowest BCUT2D eigenvalue weighted by molar-refractivity contribution is -0.131. The number of benzene rings is 1. The number of hydrogen-bond donors (Lipinski definition) is 0. The smallest absolute Gasteiger partial charge is 0.332 e. The van der Waals surface area contributed by atoms with Gasteiger partial charge in [-0.15, -0.1) is 0 Å². The normalized spacial score (nSPS) is 11.1. The van der Waals surface area contributed by atoms with E-state index in [2.05, 4.69) is 4.98 Å². The van der Waals surface area contributed by atoms with Crippen LogP contribution in [0.25, 0.3) is 11.2 Å². The quantitative estimate of drug-likeness (QED) is 0.568. The van der Waals surface area contributed by atoms with E-state index >= 15 is 0 Å². The molecule has 1 amide bonds. The molecule has 2 heterocycles. The summed E-state index contributed by atoms with van der Waals surface area (Å²) < 4.78 is 22.1. The van der Waals surface area contributed by atoms with Crippen molar-refractivity contribution in [3.05, 3.63) is 55.7 Å². The summed E-state index contributed by atoms with van der Waals surface area (Å²) in [6.07, 6.45) is 0. The summed E-state index contributed by atoms with van der Waals surface area (Å²) in [4.78, 5) is 42.7. The maximum absolute atomic E-state index is 13.9. The van der Waals surface area contributed by atoms with Crippen molar-refractivity contribution in [1.82, 2.24) is 23.6 Å². The minimum atomic E-state index is -0.602. The van der Waals surface area contributed by atoms with Gasteiger partial charge in [-0.2, -0.15) is 4.98 Å². The van der Waals surface area contributed by atoms with Crippen molar-refractivity contribution >= 4 is 28.7 Å². The molecule has 0 saturated heterocycles. The number of halogens is 2. The zero-order valence-electron chi connectivity index (χ0n) is 16.3. The Hall–Kier alpha value is -3.14. The Labute approximate surface area is 169 Å². The van der Waals surface area contributed by atoms with Crippen LogP contribution in [-0.2, 0) is 32.0 Å². The average molecular weight is 424 g/mol. The molecule has 11 heteroatoms. The van der Waals surface area contributed by atoms with Crippen LogP contribution in [0.3, 0.4) is 0 Å². The maximum atomic E-state index is 13.9. The monoisotopic (exact) mass is 423 g/mol. The van der Waals surface area contributed by atoms with E-state index in [1.54, 1.807) is 13.1 Å². The van der Waals surface area contributed by atoms with Gasteiger partial charge < -0.3 is 9.64 Å². The molecule has 0 aliphatic rings. The predicted octanol–water partition coefficient (Wildman–Crippen LogP) is 0.893. The first-order valence-electron chi connectivity index (χ1n) is 8.53. The average Bonchev–Trinajstić information content (AvgIpc) is 3.01. The molecule has 0 saturated carbocycles. The highest BCUT2D eigenvalue weighted by molar-refractivity contribution is 6.29. The zero-order chi connectivity index (χ0) is 21.5. The van der Waals surface area contributed by atoms with Crippen molar-refractivity contribution in [2.45, 2.75) is 13.1 Å². The molecule has 3 rings (SSSR count). The van der Waals surface area contributed by atoms with Gasteiger partial charge in [0.15, 0.2) is 22.7 Å². The van der Waals surface area contributed by atoms with Crippen molar-refractivity contribution in [2.24, 2.45) is 14.1 Å². The lowest BCUT2D eigenvalue weighted by Gasteiger charge is -2.18. The Bertz CT molecular complexity index is 1230. The Balaban J connectivity index is 1.90. The highest BCUT2D eigenvalue weighted by Crippen LogP contribution is 2.19. The number of carbonyl (C=O) groups excluding carboxylic acids is 1. The second kappa shape index (κ2) is 7.70. The van der Waals surface area contributed by atoms with Gasteiger partial charge in [0.2, 0.25) is 11.2 Å². The summed E-state index contributed by atoms with van der Waals surface area (Å²) in [6, 6.07) is 4.41. The van der Waals surface area contributed by atoms with Crippen molar-refractivity contribution in [1.29, 1.82) is 0 Å². The number of imidazole rings is 1. The number of ether oxygens (including phenoxy) is 1. The fourth-order valence-electron chi connectivity index (χ4n) is 2.99. The highest BCUT2D eigenvalue weighted by atomic mass is 35.5. The van der Waals surface area contributed by atoms with Crippen molar-refractivity contribution < 1.29 is 13.9 Å². The van der Waals surface area contributed by atoms with Gasteiger partial charge in [-0.3, -0.25) is 23.3 Å². The first kappa shape index (κ1) is 20.6. The fraction of sp³-hybridized carbons (Fsp3) is 0.333. The van der Waals surface area contributed by atoms with Crippen LogP contribution in [0.5, 0.6) is 5.75 Å². The van der Waals surface area contributed by atoms with Gasteiger partial charge in [0.25, 0.3) is 5.56 Å². The number of nitrogens with zero attached hydrogens (tertiary/aromatic N) is 5. The fourth-order valence-corrected chi connectivity index (χ4v) is 3.21. The van der Waals surface area contributed by atoms with E-state index in [4.69, 9.17) is 16.3 Å². The summed E-state index contributed by atoms with van der Waals surface area (Å²) >= 11 is 6.13. The minimum Gasteiger partial charge on any atom is -0.494 e. The van der Waals surface area contributed by atoms with Crippen LogP contribution < -0.4 is 16.0 Å². The number of likely N-dealkylation sites (N-methyl/N-ethyl adjacent to an activating group) is 1. The van der Waals surface area contributed by atoms with Crippen molar-refractivity contribution in [3.8, 4) is 5.75 Å². The van der Waals surface area contributed by atoms with Gasteiger partial charge in [0.05, 0.1) is 7.11 Å². The van der Waals surface area contributed by atoms with Crippen LogP contribution in [0, 0.1) is 5.82 Å². The number of hydrogen-bond acceptors (Lipinski definition) is 5. The van der Waals surface area contributed by atoms with Crippen molar-refractivity contribution in [3.63, 3.8) is 0 Å². The highest BCUT2D eigenvalue weighted by Gasteiger charge is 2.21. The molecule has 0 unspecified atom stereocenters. The molecule has 2 aromatic heterocycles. The molecule has 154 valence electrons. The molecule has 0 aliphatic carbocycles. The van der Waals surface area contributed by atoms with Gasteiger partial charge >= 0.3 is 5.69 Å². The summed E-state index contributed by atoms with van der Waals surface area (Å²) in [5.74, 6) is -0.793. The Morgan fingerprint density at radius 2 is 1.97 bits per heavy atom. The Kier molecular flexibility index (Phi) is 5.47. The summed E-state index contributed by atoms with van der Waals surface area (Å²) in [5.41, 5.74) is -0.435. The van der Waals surface area contributed by atoms with E-state index in [1.165, 1.54) is 47.4 Å². The van der Waals surface area contributed by atoms with Crippen LogP contribution in [0.2, 0.25) is 5.28 Å². The minimum absolute atomic E-state index is 0.0526. The standard InChI is InChI=1S/C18H19ClFN5O4/c1-22(8-10-5-6-12(29-4)11(20)7-10)13(26)9-25-14-15(21-17(25)19)23(2)18(28)24(3)16(14)27/h5-7H,8-9H2,1-4H3. The van der Waals surface area contributed by atoms with E-state index in [0.29, 0.717) is 5.56 Å². The number of methoxy groups -OCH3 is 1. The van der Waals surface area contributed by atoms with Gasteiger partial charge in [0, 0.05) is 27.7 Å². The third-order valence-electron chi connectivity index (χ3n) is 4.66. The number of amides is 1. The SMILES string of the molecule is COc1ccc(CN(C)C(=O)Cn2c(Cl)nc3c2c(=O)n(C)c(=O)n3C)cc1F. The summed E-state index contributed by atoms with van der Waals surface area (Å²) in [6.45, 7) is -0.127. The number of carbonyl (C=O) groups is 1. The van der Waals surface area contributed by atoms with Crippen LogP contribution >= 0.6 is 11.6 Å². The molecule has 3 aromatic rings. The molecule has 0 radical (unpaired) electrons. The first-order chi connectivity index (χ1) is 13.6. The van der Waals surface area contributed by atoms with E-state index in [0.717, 1.165) is 4.57 Å². The second-order valence-electron chi connectivity index (χ2n) is 6.56.